The van der Waals surface area contributed by atoms with Gasteiger partial charge in [-0.25, -0.2) is 0 Å². The second-order valence-electron chi connectivity index (χ2n) is 10.5. The fourth-order valence-electron chi connectivity index (χ4n) is 3.69. The minimum Gasteiger partial charge on any atom is -0.361 e. The molecule has 0 bridgehead atoms. The number of ketones is 1. The third-order valence-corrected chi connectivity index (χ3v) is 5.47. The molecule has 1 aliphatic carbocycles. The number of rotatable bonds is 2. The minimum atomic E-state index is -0.191. The van der Waals surface area contributed by atoms with Gasteiger partial charge in [-0.15, -0.1) is 0 Å². The molecule has 27 heavy (non-hydrogen) atoms. The molecule has 0 N–H and O–H groups in total. The lowest BCUT2D eigenvalue weighted by molar-refractivity contribution is -0.114. The SMILES string of the molecule is CC(C)(C)C1=CC(=C(c2ccccc2)N2CC2(C)C)C=C(C(C)(C)C)C1=O. The molecule has 2 heteroatoms. The van der Waals surface area contributed by atoms with Gasteiger partial charge < -0.3 is 4.90 Å². The highest BCUT2D eigenvalue weighted by atomic mass is 16.1. The molecule has 2 aliphatic rings. The van der Waals surface area contributed by atoms with Crippen molar-refractivity contribution < 1.29 is 4.79 Å². The molecule has 2 nitrogen and oxygen atoms in total. The highest BCUT2D eigenvalue weighted by Gasteiger charge is 2.46. The molecule has 0 radical (unpaired) electrons. The number of hydrogen-bond donors (Lipinski definition) is 0. The molecule has 1 fully saturated rings. The van der Waals surface area contributed by atoms with Crippen molar-refractivity contribution in [3.63, 3.8) is 0 Å². The zero-order valence-electron chi connectivity index (χ0n) is 18.1. The van der Waals surface area contributed by atoms with Crippen molar-refractivity contribution in [2.45, 2.75) is 60.9 Å². The van der Waals surface area contributed by atoms with E-state index in [9.17, 15) is 4.79 Å². The summed E-state index contributed by atoms with van der Waals surface area (Å²) in [7, 11) is 0. The van der Waals surface area contributed by atoms with Crippen LogP contribution in [0.4, 0.5) is 0 Å². The Balaban J connectivity index is 2.29. The molecular formula is C25H33NO. The van der Waals surface area contributed by atoms with Crippen LogP contribution in [0.15, 0.2) is 59.2 Å². The summed E-state index contributed by atoms with van der Waals surface area (Å²) in [5, 5.41) is 0. The molecule has 144 valence electrons. The molecule has 0 spiro atoms. The monoisotopic (exact) mass is 363 g/mol. The van der Waals surface area contributed by atoms with Crippen LogP contribution in [0.3, 0.4) is 0 Å². The Hall–Kier alpha value is -2.09. The Morgan fingerprint density at radius 3 is 1.70 bits per heavy atom. The summed E-state index contributed by atoms with van der Waals surface area (Å²) in [4.78, 5) is 15.7. The van der Waals surface area contributed by atoms with Crippen molar-refractivity contribution in [1.82, 2.24) is 4.90 Å². The van der Waals surface area contributed by atoms with Crippen LogP contribution in [-0.2, 0) is 4.79 Å². The first-order valence-electron chi connectivity index (χ1n) is 9.89. The number of carbonyl (C=O) groups is 1. The maximum Gasteiger partial charge on any atom is 0.186 e. The smallest absolute Gasteiger partial charge is 0.186 e. The largest absolute Gasteiger partial charge is 0.361 e. The second kappa shape index (κ2) is 6.22. The predicted octanol–water partition coefficient (Wildman–Crippen LogP) is 6.02. The van der Waals surface area contributed by atoms with Crippen LogP contribution in [0.5, 0.6) is 0 Å². The van der Waals surface area contributed by atoms with Gasteiger partial charge in [-0.05, 0) is 48.0 Å². The van der Waals surface area contributed by atoms with E-state index in [1.165, 1.54) is 11.3 Å². The van der Waals surface area contributed by atoms with E-state index in [1.807, 2.05) is 0 Å². The zero-order chi connectivity index (χ0) is 20.2. The molecule has 0 unspecified atom stereocenters. The standard InChI is InChI=1S/C25H33NO/c1-23(2,3)19-14-18(15-20(22(19)27)24(4,5)6)21(26-16-25(26,7)8)17-12-10-9-11-13-17/h9-15H,16H2,1-8H3. The third-order valence-electron chi connectivity index (χ3n) is 5.47. The van der Waals surface area contributed by atoms with E-state index in [0.29, 0.717) is 0 Å². The maximum atomic E-state index is 13.3. The maximum absolute atomic E-state index is 13.3. The lowest BCUT2D eigenvalue weighted by Gasteiger charge is -2.32. The van der Waals surface area contributed by atoms with Crippen molar-refractivity contribution in [2.75, 3.05) is 6.54 Å². The Morgan fingerprint density at radius 1 is 0.889 bits per heavy atom. The third kappa shape index (κ3) is 3.81. The van der Waals surface area contributed by atoms with Crippen molar-refractivity contribution in [3.8, 4) is 0 Å². The normalized spacial score (nSPS) is 19.6. The van der Waals surface area contributed by atoms with E-state index in [2.05, 4.69) is 103 Å². The average Bonchev–Trinajstić information content (AvgIpc) is 3.15. The second-order valence-corrected chi connectivity index (χ2v) is 10.5. The molecule has 1 aromatic carbocycles. The fraction of sp³-hybridized carbons (Fsp3) is 0.480. The quantitative estimate of drug-likeness (QED) is 0.599. The van der Waals surface area contributed by atoms with Crippen LogP contribution < -0.4 is 0 Å². The Kier molecular flexibility index (Phi) is 4.53. The summed E-state index contributed by atoms with van der Waals surface area (Å²) >= 11 is 0. The van der Waals surface area contributed by atoms with Gasteiger partial charge in [-0.1, -0.05) is 71.9 Å². The van der Waals surface area contributed by atoms with Crippen molar-refractivity contribution >= 4 is 11.5 Å². The van der Waals surface area contributed by atoms with Crippen molar-refractivity contribution in [1.29, 1.82) is 0 Å². The number of allylic oxidation sites excluding steroid dienone is 5. The van der Waals surface area contributed by atoms with E-state index < -0.39 is 0 Å². The van der Waals surface area contributed by atoms with E-state index in [1.54, 1.807) is 0 Å². The van der Waals surface area contributed by atoms with E-state index >= 15 is 0 Å². The van der Waals surface area contributed by atoms with Gasteiger partial charge in [0, 0.05) is 17.7 Å². The number of carbonyl (C=O) groups excluding carboxylic acids is 1. The Labute approximate surface area is 164 Å². The van der Waals surface area contributed by atoms with Gasteiger partial charge in [0.15, 0.2) is 5.78 Å². The van der Waals surface area contributed by atoms with E-state index in [4.69, 9.17) is 0 Å². The lowest BCUT2D eigenvalue weighted by atomic mass is 9.71. The predicted molar refractivity (Wildman–Crippen MR) is 114 cm³/mol. The molecule has 1 heterocycles. The molecule has 1 aromatic rings. The van der Waals surface area contributed by atoms with E-state index in [0.717, 1.165) is 23.3 Å². The molecule has 0 aromatic heterocycles. The molecule has 0 atom stereocenters. The van der Waals surface area contributed by atoms with Crippen LogP contribution >= 0.6 is 0 Å². The first-order chi connectivity index (χ1) is 12.3. The first kappa shape index (κ1) is 19.7. The van der Waals surface area contributed by atoms with Crippen LogP contribution in [0.25, 0.3) is 5.70 Å². The zero-order valence-corrected chi connectivity index (χ0v) is 18.1. The van der Waals surface area contributed by atoms with Crippen LogP contribution in [0, 0.1) is 10.8 Å². The van der Waals surface area contributed by atoms with Crippen molar-refractivity contribution in [2.24, 2.45) is 10.8 Å². The van der Waals surface area contributed by atoms with Gasteiger partial charge in [-0.3, -0.25) is 4.79 Å². The fourth-order valence-corrected chi connectivity index (χ4v) is 3.69. The number of benzene rings is 1. The minimum absolute atomic E-state index is 0.158. The van der Waals surface area contributed by atoms with Gasteiger partial charge in [0.05, 0.1) is 11.2 Å². The molecule has 0 amide bonds. The average molecular weight is 364 g/mol. The first-order valence-corrected chi connectivity index (χ1v) is 9.89. The highest BCUT2D eigenvalue weighted by Crippen LogP contribution is 2.45. The molecule has 1 aliphatic heterocycles. The van der Waals surface area contributed by atoms with Gasteiger partial charge >= 0.3 is 0 Å². The Bertz CT molecular complexity index is 816. The summed E-state index contributed by atoms with van der Waals surface area (Å²) in [5.41, 5.74) is 5.17. The number of hydrogen-bond acceptors (Lipinski definition) is 2. The molecule has 1 saturated heterocycles. The Morgan fingerprint density at radius 2 is 1.33 bits per heavy atom. The molecule has 3 rings (SSSR count). The van der Waals surface area contributed by atoms with Gasteiger partial charge in [0.25, 0.3) is 0 Å². The summed E-state index contributed by atoms with van der Waals surface area (Å²) in [5.74, 6) is 0.191. The van der Waals surface area contributed by atoms with Gasteiger partial charge in [0.2, 0.25) is 0 Å². The molecule has 0 saturated carbocycles. The van der Waals surface area contributed by atoms with Crippen LogP contribution in [0.2, 0.25) is 0 Å². The van der Waals surface area contributed by atoms with Gasteiger partial charge in [-0.2, -0.15) is 0 Å². The number of Topliss-reactive ketones (excluding diaryl/α,β-unsaturated/α-hetero) is 1. The van der Waals surface area contributed by atoms with Crippen LogP contribution in [-0.4, -0.2) is 22.8 Å². The summed E-state index contributed by atoms with van der Waals surface area (Å²) in [6.45, 7) is 18.3. The van der Waals surface area contributed by atoms with Gasteiger partial charge in [0.1, 0.15) is 0 Å². The van der Waals surface area contributed by atoms with E-state index in [-0.39, 0.29) is 22.2 Å². The summed E-state index contributed by atoms with van der Waals surface area (Å²) < 4.78 is 0. The summed E-state index contributed by atoms with van der Waals surface area (Å²) in [6.07, 6.45) is 4.27. The topological polar surface area (TPSA) is 20.1 Å². The summed E-state index contributed by atoms with van der Waals surface area (Å²) in [6, 6.07) is 10.6. The molecular weight excluding hydrogens is 330 g/mol. The number of nitrogens with zero attached hydrogens (tertiary/aromatic N) is 1. The highest BCUT2D eigenvalue weighted by molar-refractivity contribution is 6.12. The van der Waals surface area contributed by atoms with Crippen LogP contribution in [0.1, 0.15) is 61.0 Å². The van der Waals surface area contributed by atoms with Crippen molar-refractivity contribution in [3.05, 3.63) is 64.8 Å². The lowest BCUT2D eigenvalue weighted by Crippen LogP contribution is -2.28.